The summed E-state index contributed by atoms with van der Waals surface area (Å²) in [6, 6.07) is 3.64. The van der Waals surface area contributed by atoms with Gasteiger partial charge in [0.05, 0.1) is 0 Å². The summed E-state index contributed by atoms with van der Waals surface area (Å²) in [6.07, 6.45) is 3.99. The minimum atomic E-state index is 0.644. The summed E-state index contributed by atoms with van der Waals surface area (Å²) in [6.45, 7) is 0. The quantitative estimate of drug-likeness (QED) is 0.518. The number of nitrogens with one attached hydrogen (secondary N) is 1. The van der Waals surface area contributed by atoms with E-state index in [0.29, 0.717) is 6.41 Å². The maximum Gasteiger partial charge on any atom is 0.217 e. The van der Waals surface area contributed by atoms with E-state index in [9.17, 15) is 4.79 Å². The van der Waals surface area contributed by atoms with Crippen molar-refractivity contribution in [3.8, 4) is 0 Å². The second kappa shape index (κ2) is 3.90. The van der Waals surface area contributed by atoms with Gasteiger partial charge in [0.2, 0.25) is 6.41 Å². The summed E-state index contributed by atoms with van der Waals surface area (Å²) in [7, 11) is 0. The predicted octanol–water partition coefficient (Wildman–Crippen LogP) is 0.835. The SMILES string of the molecule is O=CNSc1ccncc1. The zero-order valence-corrected chi connectivity index (χ0v) is 5.97. The smallest absolute Gasteiger partial charge is 0.217 e. The van der Waals surface area contributed by atoms with E-state index in [1.165, 1.54) is 11.9 Å². The van der Waals surface area contributed by atoms with Crippen molar-refractivity contribution < 1.29 is 4.79 Å². The van der Waals surface area contributed by atoms with Crippen LogP contribution in [0.4, 0.5) is 0 Å². The molecule has 0 aliphatic carbocycles. The van der Waals surface area contributed by atoms with Gasteiger partial charge in [-0.25, -0.2) is 0 Å². The number of rotatable bonds is 3. The van der Waals surface area contributed by atoms with Crippen LogP contribution < -0.4 is 4.72 Å². The van der Waals surface area contributed by atoms with E-state index in [-0.39, 0.29) is 0 Å². The van der Waals surface area contributed by atoms with E-state index < -0.39 is 0 Å². The van der Waals surface area contributed by atoms with Crippen molar-refractivity contribution in [2.75, 3.05) is 0 Å². The summed E-state index contributed by atoms with van der Waals surface area (Å²) < 4.78 is 2.47. The van der Waals surface area contributed by atoms with Gasteiger partial charge < -0.3 is 0 Å². The van der Waals surface area contributed by atoms with Crippen molar-refractivity contribution >= 4 is 18.4 Å². The first-order chi connectivity index (χ1) is 4.93. The summed E-state index contributed by atoms with van der Waals surface area (Å²) in [5.41, 5.74) is 0. The Kier molecular flexibility index (Phi) is 2.76. The normalized spacial score (nSPS) is 8.80. The fourth-order valence-corrected chi connectivity index (χ4v) is 0.940. The first-order valence-corrected chi connectivity index (χ1v) is 3.51. The lowest BCUT2D eigenvalue weighted by molar-refractivity contribution is -0.107. The number of nitrogens with zero attached hydrogens (tertiary/aromatic N) is 1. The van der Waals surface area contributed by atoms with Gasteiger partial charge in [0, 0.05) is 17.3 Å². The van der Waals surface area contributed by atoms with Crippen LogP contribution >= 0.6 is 11.9 Å². The topological polar surface area (TPSA) is 42.0 Å². The molecule has 1 rings (SSSR count). The van der Waals surface area contributed by atoms with Crippen molar-refractivity contribution in [1.29, 1.82) is 0 Å². The molecule has 0 saturated carbocycles. The molecule has 52 valence electrons. The van der Waals surface area contributed by atoms with Crippen molar-refractivity contribution in [2.45, 2.75) is 4.90 Å². The first-order valence-electron chi connectivity index (χ1n) is 2.69. The maximum absolute atomic E-state index is 9.83. The van der Waals surface area contributed by atoms with E-state index in [2.05, 4.69) is 9.71 Å². The predicted molar refractivity (Wildman–Crippen MR) is 39.3 cm³/mol. The Hall–Kier alpha value is -1.03. The van der Waals surface area contributed by atoms with Gasteiger partial charge in [-0.3, -0.25) is 14.5 Å². The van der Waals surface area contributed by atoms with E-state index in [4.69, 9.17) is 0 Å². The van der Waals surface area contributed by atoms with E-state index in [1.807, 2.05) is 12.1 Å². The number of carbonyl (C=O) groups excluding carboxylic acids is 1. The molecular weight excluding hydrogens is 148 g/mol. The molecule has 1 amide bonds. The third-order valence-electron chi connectivity index (χ3n) is 0.875. The standard InChI is InChI=1S/C6H6N2OS/c9-5-8-10-6-1-3-7-4-2-6/h1-5H,(H,8,9). The zero-order valence-electron chi connectivity index (χ0n) is 5.15. The molecule has 1 N–H and O–H groups in total. The van der Waals surface area contributed by atoms with Crippen LogP contribution in [0.2, 0.25) is 0 Å². The largest absolute Gasteiger partial charge is 0.299 e. The average Bonchev–Trinajstić information content (AvgIpc) is 2.03. The van der Waals surface area contributed by atoms with Crippen LogP contribution in [0.15, 0.2) is 29.4 Å². The molecule has 1 aromatic heterocycles. The molecule has 1 aromatic rings. The van der Waals surface area contributed by atoms with Gasteiger partial charge in [0.1, 0.15) is 0 Å². The van der Waals surface area contributed by atoms with Crippen molar-refractivity contribution in [1.82, 2.24) is 9.71 Å². The molecule has 0 saturated heterocycles. The van der Waals surface area contributed by atoms with Crippen LogP contribution in [0.1, 0.15) is 0 Å². The highest BCUT2D eigenvalue weighted by molar-refractivity contribution is 7.97. The zero-order chi connectivity index (χ0) is 7.23. The Morgan fingerprint density at radius 3 is 2.80 bits per heavy atom. The molecule has 0 bridgehead atoms. The Morgan fingerprint density at radius 2 is 2.20 bits per heavy atom. The van der Waals surface area contributed by atoms with Gasteiger partial charge >= 0.3 is 0 Å². The number of amides is 1. The van der Waals surface area contributed by atoms with Gasteiger partial charge in [-0.2, -0.15) is 0 Å². The number of carbonyl (C=O) groups is 1. The highest BCUT2D eigenvalue weighted by Crippen LogP contribution is 2.10. The lowest BCUT2D eigenvalue weighted by Gasteiger charge is -1.94. The third kappa shape index (κ3) is 2.06. The Bertz CT molecular complexity index is 202. The average molecular weight is 154 g/mol. The Morgan fingerprint density at radius 1 is 1.50 bits per heavy atom. The number of aromatic nitrogens is 1. The summed E-state index contributed by atoms with van der Waals surface area (Å²) >= 11 is 1.26. The Balaban J connectivity index is 2.50. The molecule has 0 spiro atoms. The second-order valence-corrected chi connectivity index (χ2v) is 2.43. The molecule has 0 aliphatic heterocycles. The monoisotopic (exact) mass is 154 g/mol. The number of pyridine rings is 1. The molecule has 1 heterocycles. The lowest BCUT2D eigenvalue weighted by Crippen LogP contribution is -1.96. The molecule has 4 heteroatoms. The first kappa shape index (κ1) is 7.08. The van der Waals surface area contributed by atoms with Gasteiger partial charge in [-0.15, -0.1) is 0 Å². The van der Waals surface area contributed by atoms with Crippen molar-refractivity contribution in [2.24, 2.45) is 0 Å². The fraction of sp³-hybridized carbons (Fsp3) is 0. The minimum Gasteiger partial charge on any atom is -0.299 e. The summed E-state index contributed by atoms with van der Waals surface area (Å²) in [4.78, 5) is 14.6. The second-order valence-electron chi connectivity index (χ2n) is 1.52. The molecule has 0 aromatic carbocycles. The fourth-order valence-electron chi connectivity index (χ4n) is 0.498. The third-order valence-corrected chi connectivity index (χ3v) is 1.60. The molecule has 3 nitrogen and oxygen atoms in total. The molecule has 10 heavy (non-hydrogen) atoms. The van der Waals surface area contributed by atoms with E-state index in [0.717, 1.165) is 4.90 Å². The summed E-state index contributed by atoms with van der Waals surface area (Å²) in [5.74, 6) is 0. The number of hydrogen-bond donors (Lipinski definition) is 1. The molecular formula is C6H6N2OS. The van der Waals surface area contributed by atoms with Gasteiger partial charge in [0.25, 0.3) is 0 Å². The number of hydrogen-bond acceptors (Lipinski definition) is 3. The minimum absolute atomic E-state index is 0.644. The highest BCUT2D eigenvalue weighted by atomic mass is 32.2. The molecule has 0 radical (unpaired) electrons. The van der Waals surface area contributed by atoms with Crippen molar-refractivity contribution in [3.05, 3.63) is 24.5 Å². The van der Waals surface area contributed by atoms with Crippen LogP contribution in [0.25, 0.3) is 0 Å². The molecule has 0 unspecified atom stereocenters. The van der Waals surface area contributed by atoms with Crippen LogP contribution in [0, 0.1) is 0 Å². The highest BCUT2D eigenvalue weighted by Gasteiger charge is 1.87. The van der Waals surface area contributed by atoms with Gasteiger partial charge in [0.15, 0.2) is 0 Å². The Labute approximate surface area is 63.0 Å². The molecule has 0 aliphatic rings. The van der Waals surface area contributed by atoms with E-state index in [1.54, 1.807) is 12.4 Å². The molecule has 0 fully saturated rings. The van der Waals surface area contributed by atoms with Gasteiger partial charge in [-0.05, 0) is 24.1 Å². The van der Waals surface area contributed by atoms with Crippen LogP contribution in [0.5, 0.6) is 0 Å². The summed E-state index contributed by atoms with van der Waals surface area (Å²) in [5, 5.41) is 0. The molecule has 0 atom stereocenters. The maximum atomic E-state index is 9.83. The lowest BCUT2D eigenvalue weighted by atomic mass is 10.5. The van der Waals surface area contributed by atoms with E-state index >= 15 is 0 Å². The van der Waals surface area contributed by atoms with Crippen LogP contribution in [-0.4, -0.2) is 11.4 Å². The van der Waals surface area contributed by atoms with Crippen LogP contribution in [-0.2, 0) is 4.79 Å². The van der Waals surface area contributed by atoms with Crippen LogP contribution in [0.3, 0.4) is 0 Å². The van der Waals surface area contributed by atoms with Gasteiger partial charge in [-0.1, -0.05) is 0 Å². The van der Waals surface area contributed by atoms with Crippen molar-refractivity contribution in [3.63, 3.8) is 0 Å².